The minimum Gasteiger partial charge on any atom is -0.455 e. The van der Waals surface area contributed by atoms with Crippen LogP contribution in [0.1, 0.15) is 67.4 Å². The second-order valence-corrected chi connectivity index (χ2v) is 12.1. The van der Waals surface area contributed by atoms with E-state index in [1.807, 2.05) is 0 Å². The minimum absolute atomic E-state index is 0.441. The fourth-order valence-corrected chi connectivity index (χ4v) is 6.85. The van der Waals surface area contributed by atoms with Gasteiger partial charge in [-0.25, -0.2) is 0 Å². The lowest BCUT2D eigenvalue weighted by atomic mass is 9.82. The van der Waals surface area contributed by atoms with E-state index in [2.05, 4.69) is 0 Å². The van der Waals surface area contributed by atoms with Crippen LogP contribution in [0, 0.1) is 0 Å². The standard InChI is InChI=1S/C51H34O/c1-51(2)45-21-10-9-16-37(45)43-29-33(23-26-46(43)51)32-13-11-14-34(28-32)48-38-17-5-7-19-40(38)49(41-20-8-6-18-39(41)48)35-24-27-47-44(30-35)42-25-22-31-12-3-4-15-36(31)50(42)52-47/h3-30H,1-2H3/i1D3,3D,4D,5D,6D,7D,8D,9D,10D,11D,12D,13D,14D,15D,16D,17D,18D,19D,20D,21D,22D,23D,24D,25D,26D,27D,28D,29D,30D. The quantitative estimate of drug-likeness (QED) is 0.168. The predicted octanol–water partition coefficient (Wildman–Crippen LogP) is 14.4. The van der Waals surface area contributed by atoms with E-state index in [0.29, 0.717) is 0 Å². The summed E-state index contributed by atoms with van der Waals surface area (Å²) < 4.78 is 288. The Hall–Kier alpha value is -6.44. The van der Waals surface area contributed by atoms with Crippen LogP contribution in [0.15, 0.2) is 174 Å². The van der Waals surface area contributed by atoms with E-state index in [1.54, 1.807) is 0 Å². The van der Waals surface area contributed by atoms with Gasteiger partial charge in [0.2, 0.25) is 0 Å². The molecule has 0 fully saturated rings. The van der Waals surface area contributed by atoms with Gasteiger partial charge >= 0.3 is 0 Å². The predicted molar refractivity (Wildman–Crippen MR) is 220 cm³/mol. The van der Waals surface area contributed by atoms with E-state index in [9.17, 15) is 19.2 Å². The van der Waals surface area contributed by atoms with E-state index < -0.39 is 291 Å². The summed E-state index contributed by atoms with van der Waals surface area (Å²) in [6.45, 7) is -2.19. The fourth-order valence-electron chi connectivity index (χ4n) is 6.85. The second kappa shape index (κ2) is 10.8. The maximum atomic E-state index is 10.0. The molecule has 1 heteroatoms. The van der Waals surface area contributed by atoms with E-state index >= 15 is 0 Å². The molecule has 0 amide bonds. The Labute approximate surface area is 346 Å². The molecular formula is C51H34O. The van der Waals surface area contributed by atoms with Gasteiger partial charge in [0, 0.05) is 25.7 Å². The Morgan fingerprint density at radius 3 is 1.79 bits per heavy atom. The van der Waals surface area contributed by atoms with Crippen LogP contribution in [0.4, 0.5) is 0 Å². The average Bonchev–Trinajstić information content (AvgIpc) is 1.88. The Bertz CT molecular complexity index is 4740. The number of furan rings is 1. The molecule has 0 N–H and O–H groups in total. The van der Waals surface area contributed by atoms with Gasteiger partial charge in [0.15, 0.2) is 0 Å². The number of hydrogen-bond acceptors (Lipinski definition) is 1. The van der Waals surface area contributed by atoms with Crippen LogP contribution in [0.2, 0.25) is 0 Å². The summed E-state index contributed by atoms with van der Waals surface area (Å²) in [5.74, 6) is 0. The summed E-state index contributed by atoms with van der Waals surface area (Å²) in [5.41, 5.74) is -11.2. The molecule has 1 aliphatic rings. The molecule has 9 aromatic carbocycles. The largest absolute Gasteiger partial charge is 0.455 e. The van der Waals surface area contributed by atoms with Crippen molar-refractivity contribution in [3.05, 3.63) is 180 Å². The van der Waals surface area contributed by atoms with E-state index in [4.69, 9.17) is 27.7 Å². The van der Waals surface area contributed by atoms with E-state index in [-0.39, 0.29) is 0 Å². The third-order valence-electron chi connectivity index (χ3n) is 9.19. The normalized spacial score (nSPS) is 23.8. The SMILES string of the molecule is [2H]c1c([2H])c(-c2c([2H])c([2H])c3c(c2[2H])-c2c([2H])c([2H])c([2H])c([2H])c2C3(C)C([2H])([2H])[2H])c([2H])c(-c2c3c([2H])c([2H])c([2H])c([2H])c3c(-c3c([2H])c([2H])c4oc5c6c([2H])c([2H])c([2H])c([2H])c6c([2H])c([2H])c5c4c3[2H])c3c([2H])c([2H])c([2H])c([2H])c23)c1[2H]. The topological polar surface area (TPSA) is 13.1 Å². The molecule has 52 heavy (non-hydrogen) atoms. The molecule has 0 bridgehead atoms. The molecule has 1 heterocycles. The van der Waals surface area contributed by atoms with Crippen LogP contribution in [-0.2, 0) is 5.41 Å². The molecule has 1 unspecified atom stereocenters. The van der Waals surface area contributed by atoms with Gasteiger partial charge in [-0.1, -0.05) is 153 Å². The molecule has 0 radical (unpaired) electrons. The molecule has 244 valence electrons. The van der Waals surface area contributed by atoms with Crippen molar-refractivity contribution in [2.24, 2.45) is 0 Å². The first-order valence-electron chi connectivity index (χ1n) is 31.2. The maximum Gasteiger partial charge on any atom is 0.143 e. The highest BCUT2D eigenvalue weighted by atomic mass is 16.3. The van der Waals surface area contributed by atoms with Gasteiger partial charge in [-0.15, -0.1) is 0 Å². The molecule has 11 rings (SSSR count). The third-order valence-corrected chi connectivity index (χ3v) is 9.19. The number of benzene rings is 9. The average molecular weight is 694 g/mol. The summed E-state index contributed by atoms with van der Waals surface area (Å²) in [4.78, 5) is 0. The van der Waals surface area contributed by atoms with Crippen molar-refractivity contribution >= 4 is 54.3 Å². The van der Waals surface area contributed by atoms with Crippen molar-refractivity contribution in [1.29, 1.82) is 0 Å². The van der Waals surface area contributed by atoms with Crippen molar-refractivity contribution in [3.63, 3.8) is 0 Å². The number of hydrogen-bond donors (Lipinski definition) is 0. The van der Waals surface area contributed by atoms with Gasteiger partial charge in [-0.05, 0) is 113 Å². The van der Waals surface area contributed by atoms with Crippen molar-refractivity contribution in [1.82, 2.24) is 0 Å². The van der Waals surface area contributed by atoms with Gasteiger partial charge < -0.3 is 4.42 Å². The summed E-state index contributed by atoms with van der Waals surface area (Å²) >= 11 is 0. The Morgan fingerprint density at radius 1 is 0.442 bits per heavy atom. The zero-order valence-corrected chi connectivity index (χ0v) is 26.4. The smallest absolute Gasteiger partial charge is 0.143 e. The Balaban J connectivity index is 1.36. The molecule has 1 aromatic heterocycles. The van der Waals surface area contributed by atoms with Crippen LogP contribution in [0.25, 0.3) is 98.8 Å². The fraction of sp³-hybridized carbons (Fsp3) is 0.0588. The lowest BCUT2D eigenvalue weighted by molar-refractivity contribution is 0.660. The first-order valence-corrected chi connectivity index (χ1v) is 15.7. The molecule has 0 saturated carbocycles. The van der Waals surface area contributed by atoms with Crippen LogP contribution < -0.4 is 0 Å². The van der Waals surface area contributed by atoms with Crippen LogP contribution in [0.3, 0.4) is 0 Å². The first kappa shape index (κ1) is 12.1. The third kappa shape index (κ3) is 4.11. The highest BCUT2D eigenvalue weighted by Gasteiger charge is 2.35. The van der Waals surface area contributed by atoms with Crippen LogP contribution >= 0.6 is 0 Å². The molecule has 1 nitrogen and oxygen atoms in total. The lowest BCUT2D eigenvalue weighted by Crippen LogP contribution is -2.14. The first-order chi connectivity index (χ1) is 38.5. The van der Waals surface area contributed by atoms with Gasteiger partial charge in [0.05, 0.1) is 38.4 Å². The molecule has 10 aromatic rings. The number of fused-ring (bicyclic) bond motifs is 10. The number of rotatable bonds is 3. The van der Waals surface area contributed by atoms with Gasteiger partial charge in [0.1, 0.15) is 11.2 Å². The van der Waals surface area contributed by atoms with Crippen molar-refractivity contribution in [2.75, 3.05) is 0 Å². The van der Waals surface area contributed by atoms with Gasteiger partial charge in [-0.2, -0.15) is 0 Å². The molecule has 1 aliphatic carbocycles. The zero-order chi connectivity index (χ0) is 61.4. The van der Waals surface area contributed by atoms with Gasteiger partial charge in [0.25, 0.3) is 0 Å². The van der Waals surface area contributed by atoms with E-state index in [0.717, 1.165) is 6.92 Å². The maximum absolute atomic E-state index is 10.0. The zero-order valence-electron chi connectivity index (χ0n) is 57.4. The Morgan fingerprint density at radius 2 is 1.04 bits per heavy atom. The molecular weight excluding hydrogens is 629 g/mol. The van der Waals surface area contributed by atoms with E-state index in [1.165, 1.54) is 0 Å². The summed E-state index contributed by atoms with van der Waals surface area (Å²) in [6.07, 6.45) is 0. The lowest BCUT2D eigenvalue weighted by Gasteiger charge is -2.21. The molecule has 0 spiro atoms. The molecule has 0 saturated heterocycles. The highest BCUT2D eigenvalue weighted by molar-refractivity contribution is 6.23. The van der Waals surface area contributed by atoms with Crippen LogP contribution in [-0.4, -0.2) is 0 Å². The summed E-state index contributed by atoms with van der Waals surface area (Å²) in [6, 6.07) is -26.9. The van der Waals surface area contributed by atoms with Crippen molar-refractivity contribution < 1.29 is 46.9 Å². The summed E-state index contributed by atoms with van der Waals surface area (Å²) in [5, 5.41) is -5.19. The van der Waals surface area contributed by atoms with Crippen molar-refractivity contribution in [3.8, 4) is 44.5 Å². The van der Waals surface area contributed by atoms with Crippen LogP contribution in [0.5, 0.6) is 0 Å². The molecule has 0 aliphatic heterocycles. The van der Waals surface area contributed by atoms with Gasteiger partial charge in [-0.3, -0.25) is 0 Å². The second-order valence-electron chi connectivity index (χ2n) is 12.1. The monoisotopic (exact) mass is 693 g/mol. The minimum atomic E-state index is -3.24. The Kier molecular flexibility index (Phi) is 2.50. The molecule has 1 atom stereocenters. The van der Waals surface area contributed by atoms with Crippen molar-refractivity contribution in [2.45, 2.75) is 19.2 Å². The highest BCUT2D eigenvalue weighted by Crippen LogP contribution is 2.50. The summed E-state index contributed by atoms with van der Waals surface area (Å²) in [7, 11) is 0.